The molecule has 0 saturated heterocycles. The molecule has 0 bridgehead atoms. The summed E-state index contributed by atoms with van der Waals surface area (Å²) >= 11 is 0. The zero-order chi connectivity index (χ0) is 16.4. The molecule has 5 nitrogen and oxygen atoms in total. The molecule has 0 aliphatic carbocycles. The van der Waals surface area contributed by atoms with Gasteiger partial charge in [-0.15, -0.1) is 0 Å². The third-order valence-corrected chi connectivity index (χ3v) is 3.59. The van der Waals surface area contributed by atoms with Crippen molar-refractivity contribution >= 4 is 10.9 Å². The van der Waals surface area contributed by atoms with Crippen molar-refractivity contribution in [3.63, 3.8) is 0 Å². The lowest BCUT2D eigenvalue weighted by Crippen LogP contribution is -2.27. The third-order valence-electron chi connectivity index (χ3n) is 3.59. The lowest BCUT2D eigenvalue weighted by molar-refractivity contribution is 0.287. The number of benzene rings is 2. The maximum absolute atomic E-state index is 11.9. The van der Waals surface area contributed by atoms with E-state index in [1.165, 1.54) is 4.57 Å². The van der Waals surface area contributed by atoms with Crippen molar-refractivity contribution in [2.24, 2.45) is 0 Å². The first-order chi connectivity index (χ1) is 11.0. The average molecular weight is 311 g/mol. The van der Waals surface area contributed by atoms with Crippen LogP contribution in [0.5, 0.6) is 5.75 Å². The normalized spacial score (nSPS) is 10.9. The number of rotatable bonds is 4. The van der Waals surface area contributed by atoms with Crippen molar-refractivity contribution in [1.82, 2.24) is 4.57 Å². The first-order valence-electron chi connectivity index (χ1n) is 7.38. The maximum Gasteiger partial charge on any atom is 0.422 e. The van der Waals surface area contributed by atoms with Crippen LogP contribution < -0.4 is 16.1 Å². The minimum absolute atomic E-state index is 0.302. The SMILES string of the molecule is Cc1cc(C)cc(OCCn2c(=O)oc(=O)c3ccccc32)c1. The van der Waals surface area contributed by atoms with Gasteiger partial charge in [0.05, 0.1) is 17.4 Å². The summed E-state index contributed by atoms with van der Waals surface area (Å²) in [6.07, 6.45) is 0. The van der Waals surface area contributed by atoms with Crippen LogP contribution in [-0.2, 0) is 6.54 Å². The Kier molecular flexibility index (Phi) is 4.02. The number of nitrogens with zero attached hydrogens (tertiary/aromatic N) is 1. The van der Waals surface area contributed by atoms with Crippen LogP contribution in [-0.4, -0.2) is 11.2 Å². The van der Waals surface area contributed by atoms with E-state index in [9.17, 15) is 9.59 Å². The van der Waals surface area contributed by atoms with E-state index in [2.05, 4.69) is 6.07 Å². The van der Waals surface area contributed by atoms with Crippen LogP contribution in [0.3, 0.4) is 0 Å². The second kappa shape index (κ2) is 6.12. The lowest BCUT2D eigenvalue weighted by Gasteiger charge is -2.11. The summed E-state index contributed by atoms with van der Waals surface area (Å²) in [6, 6.07) is 12.8. The van der Waals surface area contributed by atoms with E-state index in [1.807, 2.05) is 26.0 Å². The van der Waals surface area contributed by atoms with E-state index in [0.29, 0.717) is 24.1 Å². The highest BCUT2D eigenvalue weighted by Crippen LogP contribution is 2.16. The van der Waals surface area contributed by atoms with Gasteiger partial charge in [0.1, 0.15) is 12.4 Å². The molecular weight excluding hydrogens is 294 g/mol. The van der Waals surface area contributed by atoms with Gasteiger partial charge in [-0.2, -0.15) is 0 Å². The molecule has 0 saturated carbocycles. The first kappa shape index (κ1) is 15.1. The van der Waals surface area contributed by atoms with E-state index in [4.69, 9.17) is 9.15 Å². The molecule has 118 valence electrons. The molecule has 0 aliphatic heterocycles. The number of hydrogen-bond donors (Lipinski definition) is 0. The molecule has 1 heterocycles. The van der Waals surface area contributed by atoms with Gasteiger partial charge >= 0.3 is 11.4 Å². The van der Waals surface area contributed by atoms with Gasteiger partial charge in [-0.3, -0.25) is 4.57 Å². The predicted molar refractivity (Wildman–Crippen MR) is 88.2 cm³/mol. The van der Waals surface area contributed by atoms with Crippen LogP contribution in [0.4, 0.5) is 0 Å². The maximum atomic E-state index is 11.9. The second-order valence-corrected chi connectivity index (χ2v) is 5.50. The third kappa shape index (κ3) is 3.18. The topological polar surface area (TPSA) is 61.4 Å². The largest absolute Gasteiger partial charge is 0.492 e. The van der Waals surface area contributed by atoms with E-state index in [0.717, 1.165) is 16.9 Å². The summed E-state index contributed by atoms with van der Waals surface area (Å²) in [7, 11) is 0. The Hall–Kier alpha value is -2.82. The van der Waals surface area contributed by atoms with Gasteiger partial charge in [0.15, 0.2) is 0 Å². The van der Waals surface area contributed by atoms with E-state index < -0.39 is 11.4 Å². The Morgan fingerprint density at radius 2 is 1.74 bits per heavy atom. The molecule has 0 atom stereocenters. The minimum Gasteiger partial charge on any atom is -0.492 e. The molecule has 0 amide bonds. The molecule has 0 spiro atoms. The fourth-order valence-corrected chi connectivity index (χ4v) is 2.65. The molecule has 2 aromatic carbocycles. The molecular formula is C18H17NO4. The lowest BCUT2D eigenvalue weighted by atomic mass is 10.1. The van der Waals surface area contributed by atoms with Gasteiger partial charge in [0.25, 0.3) is 0 Å². The predicted octanol–water partition coefficient (Wildman–Crippen LogP) is 2.65. The van der Waals surface area contributed by atoms with Crippen LogP contribution in [0.25, 0.3) is 10.9 Å². The Labute approximate surface area is 132 Å². The highest BCUT2D eigenvalue weighted by molar-refractivity contribution is 5.77. The summed E-state index contributed by atoms with van der Waals surface area (Å²) in [4.78, 5) is 23.7. The van der Waals surface area contributed by atoms with Crippen LogP contribution in [0.1, 0.15) is 11.1 Å². The van der Waals surface area contributed by atoms with Gasteiger partial charge < -0.3 is 9.15 Å². The first-order valence-corrected chi connectivity index (χ1v) is 7.38. The number of para-hydroxylation sites is 1. The second-order valence-electron chi connectivity index (χ2n) is 5.50. The Bertz CT molecular complexity index is 948. The molecule has 5 heteroatoms. The summed E-state index contributed by atoms with van der Waals surface area (Å²) < 4.78 is 11.9. The van der Waals surface area contributed by atoms with Crippen molar-refractivity contribution in [3.05, 3.63) is 74.6 Å². The van der Waals surface area contributed by atoms with Crippen LogP contribution in [0, 0.1) is 13.8 Å². The fraction of sp³-hybridized carbons (Fsp3) is 0.222. The number of fused-ring (bicyclic) bond motifs is 1. The van der Waals surface area contributed by atoms with Gasteiger partial charge in [0.2, 0.25) is 0 Å². The van der Waals surface area contributed by atoms with Crippen molar-refractivity contribution in [2.75, 3.05) is 6.61 Å². The van der Waals surface area contributed by atoms with Crippen molar-refractivity contribution < 1.29 is 9.15 Å². The highest BCUT2D eigenvalue weighted by Gasteiger charge is 2.08. The molecule has 0 unspecified atom stereocenters. The molecule has 0 aliphatic rings. The van der Waals surface area contributed by atoms with Crippen molar-refractivity contribution in [2.45, 2.75) is 20.4 Å². The van der Waals surface area contributed by atoms with Crippen LogP contribution in [0.15, 0.2) is 56.5 Å². The highest BCUT2D eigenvalue weighted by atomic mass is 16.5. The van der Waals surface area contributed by atoms with E-state index >= 15 is 0 Å². The molecule has 3 aromatic rings. The standard InChI is InChI=1S/C18H17NO4/c1-12-9-13(2)11-14(10-12)22-8-7-19-16-6-4-3-5-15(16)17(20)23-18(19)21/h3-6,9-11H,7-8H2,1-2H3. The summed E-state index contributed by atoms with van der Waals surface area (Å²) in [5.41, 5.74) is 2.18. The van der Waals surface area contributed by atoms with Gasteiger partial charge in [-0.1, -0.05) is 18.2 Å². The minimum atomic E-state index is -0.669. The van der Waals surface area contributed by atoms with Crippen molar-refractivity contribution in [1.29, 1.82) is 0 Å². The number of hydrogen-bond acceptors (Lipinski definition) is 4. The zero-order valence-electron chi connectivity index (χ0n) is 13.0. The quantitative estimate of drug-likeness (QED) is 0.743. The Morgan fingerprint density at radius 3 is 2.48 bits per heavy atom. The van der Waals surface area contributed by atoms with Gasteiger partial charge in [-0.05, 0) is 49.2 Å². The van der Waals surface area contributed by atoms with Crippen LogP contribution in [0.2, 0.25) is 0 Å². The Morgan fingerprint density at radius 1 is 1.04 bits per heavy atom. The molecule has 0 fully saturated rings. The zero-order valence-corrected chi connectivity index (χ0v) is 13.0. The van der Waals surface area contributed by atoms with Crippen LogP contribution >= 0.6 is 0 Å². The van der Waals surface area contributed by atoms with E-state index in [-0.39, 0.29) is 0 Å². The molecule has 1 aromatic heterocycles. The van der Waals surface area contributed by atoms with Crippen molar-refractivity contribution in [3.8, 4) is 5.75 Å². The molecule has 0 N–H and O–H groups in total. The number of aryl methyl sites for hydroxylation is 2. The fourth-order valence-electron chi connectivity index (χ4n) is 2.65. The summed E-state index contributed by atoms with van der Waals surface area (Å²) in [6.45, 7) is 4.62. The molecule has 3 rings (SSSR count). The van der Waals surface area contributed by atoms with E-state index in [1.54, 1.807) is 24.3 Å². The monoisotopic (exact) mass is 311 g/mol. The van der Waals surface area contributed by atoms with Gasteiger partial charge in [-0.25, -0.2) is 9.59 Å². The number of ether oxygens (including phenoxy) is 1. The molecule has 0 radical (unpaired) electrons. The summed E-state index contributed by atoms with van der Waals surface area (Å²) in [5, 5.41) is 0.388. The van der Waals surface area contributed by atoms with Gasteiger partial charge in [0, 0.05) is 0 Å². The smallest absolute Gasteiger partial charge is 0.422 e. The Balaban J connectivity index is 1.85. The molecule has 23 heavy (non-hydrogen) atoms. The summed E-state index contributed by atoms with van der Waals surface area (Å²) in [5.74, 6) is 0.0926. The number of aromatic nitrogens is 1. The average Bonchev–Trinajstić information content (AvgIpc) is 2.49.